The predicted octanol–water partition coefficient (Wildman–Crippen LogP) is 4.75. The maximum Gasteiger partial charge on any atom is 0.325 e. The Balaban J connectivity index is 1.80. The summed E-state index contributed by atoms with van der Waals surface area (Å²) in [4.78, 5) is 41.6. The topological polar surface area (TPSA) is 141 Å². The minimum atomic E-state index is -1.21. The van der Waals surface area contributed by atoms with E-state index in [-0.39, 0.29) is 17.2 Å². The predicted molar refractivity (Wildman–Crippen MR) is 143 cm³/mol. The number of nitrogens with two attached hydrogens (primary N) is 2. The van der Waals surface area contributed by atoms with Crippen LogP contribution in [0.3, 0.4) is 0 Å². The van der Waals surface area contributed by atoms with E-state index in [1.54, 1.807) is 19.1 Å². The third kappa shape index (κ3) is 6.02. The van der Waals surface area contributed by atoms with E-state index in [2.05, 4.69) is 10.3 Å². The molecule has 0 bridgehead atoms. The van der Waals surface area contributed by atoms with Gasteiger partial charge in [0.25, 0.3) is 5.91 Å². The van der Waals surface area contributed by atoms with Crippen molar-refractivity contribution in [1.29, 1.82) is 0 Å². The molecule has 5 N–H and O–H groups in total. The first-order valence-electron chi connectivity index (χ1n) is 12.1. The summed E-state index contributed by atoms with van der Waals surface area (Å²) >= 11 is 0. The number of pyridine rings is 1. The number of anilines is 3. The maximum absolute atomic E-state index is 14.7. The number of benzene rings is 3. The van der Waals surface area contributed by atoms with E-state index in [1.807, 2.05) is 0 Å². The fourth-order valence-corrected chi connectivity index (χ4v) is 3.91. The van der Waals surface area contributed by atoms with Gasteiger partial charge in [-0.25, -0.2) is 27.8 Å². The summed E-state index contributed by atoms with van der Waals surface area (Å²) in [5.41, 5.74) is 11.3. The van der Waals surface area contributed by atoms with Gasteiger partial charge in [0.1, 0.15) is 35.0 Å². The number of hydrogen-bond acceptors (Lipinski definition) is 6. The van der Waals surface area contributed by atoms with Crippen molar-refractivity contribution in [3.8, 4) is 11.3 Å². The lowest BCUT2D eigenvalue weighted by Crippen LogP contribution is -2.33. The number of fused-ring (bicyclic) bond motifs is 1. The van der Waals surface area contributed by atoms with Crippen LogP contribution in [0.5, 0.6) is 0 Å². The Morgan fingerprint density at radius 1 is 1.00 bits per heavy atom. The number of primary amides is 1. The lowest BCUT2D eigenvalue weighted by molar-refractivity contribution is -0.148. The van der Waals surface area contributed by atoms with Crippen LogP contribution in [0.15, 0.2) is 66.7 Å². The number of hydrogen-bond donors (Lipinski definition) is 3. The van der Waals surface area contributed by atoms with Crippen molar-refractivity contribution in [3.63, 3.8) is 0 Å². The second-order valence-corrected chi connectivity index (χ2v) is 8.69. The van der Waals surface area contributed by atoms with Crippen LogP contribution in [0, 0.1) is 17.5 Å². The summed E-state index contributed by atoms with van der Waals surface area (Å²) in [6.07, 6.45) is 0.344. The van der Waals surface area contributed by atoms with E-state index < -0.39 is 53.7 Å². The van der Waals surface area contributed by atoms with Gasteiger partial charge in [-0.05, 0) is 66.4 Å². The molecular weight excluding hydrogens is 527 g/mol. The van der Waals surface area contributed by atoms with Gasteiger partial charge < -0.3 is 21.5 Å². The van der Waals surface area contributed by atoms with Crippen LogP contribution in [-0.4, -0.2) is 35.5 Å². The first kappa shape index (κ1) is 28.0. The standard InChI is InChI=1S/C28H24F3N5O4/c1-2-22(32)27(38)40-14-24(37)34-18-10-11-19-16(12-18)13-23(35-25(19)15-6-8-17(29)9-7-15)36(28(33)39)26-20(30)4-3-5-21(26)31/h3-13,22H,2,14,32H2,1H3,(H2,33,39)(H,34,37)/t22-/m0/s1. The highest BCUT2D eigenvalue weighted by Crippen LogP contribution is 2.36. The molecule has 3 aromatic carbocycles. The molecule has 0 radical (unpaired) electrons. The Bertz CT molecular complexity index is 1580. The monoisotopic (exact) mass is 551 g/mol. The molecule has 0 aliphatic carbocycles. The lowest BCUT2D eigenvalue weighted by atomic mass is 10.0. The van der Waals surface area contributed by atoms with Crippen LogP contribution >= 0.6 is 0 Å². The van der Waals surface area contributed by atoms with Crippen molar-refractivity contribution in [2.45, 2.75) is 19.4 Å². The van der Waals surface area contributed by atoms with Crippen molar-refractivity contribution in [3.05, 3.63) is 84.2 Å². The maximum atomic E-state index is 14.7. The first-order chi connectivity index (χ1) is 19.1. The zero-order valence-electron chi connectivity index (χ0n) is 21.2. The Morgan fingerprint density at radius 3 is 2.30 bits per heavy atom. The number of carbonyl (C=O) groups excluding carboxylic acids is 3. The third-order valence-corrected chi connectivity index (χ3v) is 5.92. The van der Waals surface area contributed by atoms with E-state index in [0.717, 1.165) is 18.2 Å². The minimum Gasteiger partial charge on any atom is -0.454 e. The number of ether oxygens (including phenoxy) is 1. The van der Waals surface area contributed by atoms with Crippen LogP contribution in [0.4, 0.5) is 35.2 Å². The summed E-state index contributed by atoms with van der Waals surface area (Å²) in [6, 6.07) is 12.3. The molecule has 3 amide bonds. The molecule has 12 heteroatoms. The Kier molecular flexibility index (Phi) is 8.29. The highest BCUT2D eigenvalue weighted by Gasteiger charge is 2.25. The molecule has 9 nitrogen and oxygen atoms in total. The Morgan fingerprint density at radius 2 is 1.68 bits per heavy atom. The number of nitrogens with one attached hydrogen (secondary N) is 1. The van der Waals surface area contributed by atoms with E-state index in [9.17, 15) is 27.6 Å². The quantitative estimate of drug-likeness (QED) is 0.270. The molecule has 0 unspecified atom stereocenters. The lowest BCUT2D eigenvalue weighted by Gasteiger charge is -2.22. The fourth-order valence-electron chi connectivity index (χ4n) is 3.91. The summed E-state index contributed by atoms with van der Waals surface area (Å²) < 4.78 is 47.9. The van der Waals surface area contributed by atoms with Gasteiger partial charge in [0.05, 0.1) is 5.69 Å². The molecule has 0 saturated carbocycles. The summed E-state index contributed by atoms with van der Waals surface area (Å²) in [7, 11) is 0. The average Bonchev–Trinajstić information content (AvgIpc) is 2.92. The zero-order valence-corrected chi connectivity index (χ0v) is 21.2. The molecule has 1 heterocycles. The van der Waals surface area contributed by atoms with E-state index >= 15 is 0 Å². The molecule has 0 aliphatic heterocycles. The van der Waals surface area contributed by atoms with Gasteiger partial charge in [-0.1, -0.05) is 19.1 Å². The molecule has 4 aromatic rings. The van der Waals surface area contributed by atoms with Crippen molar-refractivity contribution in [2.75, 3.05) is 16.8 Å². The van der Waals surface area contributed by atoms with Gasteiger partial charge in [0.15, 0.2) is 6.61 Å². The number of nitrogens with zero attached hydrogens (tertiary/aromatic N) is 2. The molecule has 4 rings (SSSR count). The highest BCUT2D eigenvalue weighted by molar-refractivity contribution is 6.04. The van der Waals surface area contributed by atoms with Crippen LogP contribution in [0.1, 0.15) is 13.3 Å². The van der Waals surface area contributed by atoms with Crippen LogP contribution in [-0.2, 0) is 14.3 Å². The second-order valence-electron chi connectivity index (χ2n) is 8.69. The number of urea groups is 1. The smallest absolute Gasteiger partial charge is 0.325 e. The number of aromatic nitrogens is 1. The third-order valence-electron chi connectivity index (χ3n) is 5.92. The van der Waals surface area contributed by atoms with Gasteiger partial charge in [-0.15, -0.1) is 0 Å². The van der Waals surface area contributed by atoms with Crippen LogP contribution < -0.4 is 21.7 Å². The van der Waals surface area contributed by atoms with Crippen molar-refractivity contribution >= 4 is 45.9 Å². The van der Waals surface area contributed by atoms with Gasteiger partial charge >= 0.3 is 12.0 Å². The van der Waals surface area contributed by atoms with E-state index in [4.69, 9.17) is 16.2 Å². The Labute approximate surface area is 226 Å². The van der Waals surface area contributed by atoms with E-state index in [0.29, 0.717) is 27.7 Å². The first-order valence-corrected chi connectivity index (χ1v) is 12.1. The minimum absolute atomic E-state index is 0.228. The highest BCUT2D eigenvalue weighted by atomic mass is 19.1. The Hall–Kier alpha value is -4.97. The fraction of sp³-hybridized carbons (Fsp3) is 0.143. The average molecular weight is 552 g/mol. The molecule has 0 spiro atoms. The summed E-state index contributed by atoms with van der Waals surface area (Å²) in [6.45, 7) is 1.12. The molecule has 0 aliphatic rings. The molecule has 0 saturated heterocycles. The van der Waals surface area contributed by atoms with Gasteiger partial charge in [0.2, 0.25) is 0 Å². The molecule has 1 atom stereocenters. The zero-order chi connectivity index (χ0) is 29.0. The van der Waals surface area contributed by atoms with Crippen LogP contribution in [0.25, 0.3) is 22.0 Å². The van der Waals surface area contributed by atoms with Gasteiger partial charge in [0, 0.05) is 16.6 Å². The number of carbonyl (C=O) groups is 3. The summed E-state index contributed by atoms with van der Waals surface area (Å²) in [5.74, 6) is -4.19. The number of rotatable bonds is 8. The van der Waals surface area contributed by atoms with E-state index in [1.165, 1.54) is 36.4 Å². The molecule has 206 valence electrons. The number of para-hydroxylation sites is 1. The van der Waals surface area contributed by atoms with Crippen LogP contribution in [0.2, 0.25) is 0 Å². The summed E-state index contributed by atoms with van der Waals surface area (Å²) in [5, 5.41) is 3.47. The molecule has 0 fully saturated rings. The largest absolute Gasteiger partial charge is 0.454 e. The molecule has 40 heavy (non-hydrogen) atoms. The van der Waals surface area contributed by atoms with Crippen molar-refractivity contribution < 1.29 is 32.3 Å². The molecule has 1 aromatic heterocycles. The normalized spacial score (nSPS) is 11.6. The van der Waals surface area contributed by atoms with Gasteiger partial charge in [-0.2, -0.15) is 0 Å². The number of esters is 1. The van der Waals surface area contributed by atoms with Gasteiger partial charge in [-0.3, -0.25) is 9.59 Å². The number of halogens is 3. The SMILES string of the molecule is CC[C@H](N)C(=O)OCC(=O)Nc1ccc2c(-c3ccc(F)cc3)nc(N(C(N)=O)c3c(F)cccc3F)cc2c1. The molecular formula is C28H24F3N5O4. The second kappa shape index (κ2) is 11.8. The number of amides is 3. The van der Waals surface area contributed by atoms with Crippen molar-refractivity contribution in [2.24, 2.45) is 11.5 Å². The van der Waals surface area contributed by atoms with Crippen molar-refractivity contribution in [1.82, 2.24) is 4.98 Å².